The van der Waals surface area contributed by atoms with Gasteiger partial charge in [0.2, 0.25) is 0 Å². The van der Waals surface area contributed by atoms with Crippen molar-refractivity contribution in [3.8, 4) is 39.3 Å². The molecule has 1 aliphatic heterocycles. The molecule has 0 atom stereocenters. The molecule has 55 heavy (non-hydrogen) atoms. The van der Waals surface area contributed by atoms with Gasteiger partial charge in [0.05, 0.1) is 28.2 Å². The largest absolute Gasteiger partial charge is 0.512 e. The van der Waals surface area contributed by atoms with Crippen molar-refractivity contribution in [1.82, 2.24) is 9.55 Å². The summed E-state index contributed by atoms with van der Waals surface area (Å²) in [7, 11) is 0. The van der Waals surface area contributed by atoms with Gasteiger partial charge in [0.15, 0.2) is 5.78 Å². The molecule has 6 aromatic rings. The Labute approximate surface area is 335 Å². The monoisotopic (exact) mass is 922 g/mol. The van der Waals surface area contributed by atoms with Crippen molar-refractivity contribution in [3.05, 3.63) is 120 Å². The third-order valence-corrected chi connectivity index (χ3v) is 10.7. The predicted octanol–water partition coefficient (Wildman–Crippen LogP) is 13.5. The Morgan fingerprint density at radius 1 is 0.782 bits per heavy atom. The normalized spacial score (nSPS) is 12.5. The smallest absolute Gasteiger partial charge is 0.416 e. The molecule has 0 spiro atoms. The van der Waals surface area contributed by atoms with Crippen LogP contribution < -0.4 is 0 Å². The number of carbonyl (C=O) groups excluding carboxylic acids is 1. The van der Waals surface area contributed by atoms with Crippen LogP contribution in [0.3, 0.4) is 0 Å². The molecule has 289 valence electrons. The minimum Gasteiger partial charge on any atom is -0.512 e. The van der Waals surface area contributed by atoms with Gasteiger partial charge in [0, 0.05) is 54.8 Å². The molecule has 0 saturated heterocycles. The number of hydrogen-bond acceptors (Lipinski definition) is 3. The number of alkyl halides is 3. The minimum absolute atomic E-state index is 0. The summed E-state index contributed by atoms with van der Waals surface area (Å²) in [5.41, 5.74) is 6.57. The Hall–Kier alpha value is -4.52. The number of aliphatic hydroxyl groups is 1. The maximum absolute atomic E-state index is 13.9. The van der Waals surface area contributed by atoms with Gasteiger partial charge >= 0.3 is 6.18 Å². The topological polar surface area (TPSA) is 55.1 Å². The second-order valence-electron chi connectivity index (χ2n) is 15.1. The Kier molecular flexibility index (Phi) is 12.6. The van der Waals surface area contributed by atoms with E-state index >= 15 is 0 Å². The molecule has 5 aromatic carbocycles. The molecule has 0 fully saturated rings. The van der Waals surface area contributed by atoms with E-state index in [9.17, 15) is 23.1 Å². The molecule has 7 rings (SSSR count). The summed E-state index contributed by atoms with van der Waals surface area (Å²) in [5.74, 6) is 1.20. The van der Waals surface area contributed by atoms with Crippen LogP contribution >= 0.6 is 0 Å². The van der Waals surface area contributed by atoms with Crippen LogP contribution in [0, 0.1) is 17.9 Å². The number of halogens is 3. The molecule has 4 nitrogen and oxygen atoms in total. The molecule has 1 radical (unpaired) electrons. The zero-order valence-electron chi connectivity index (χ0n) is 32.4. The van der Waals surface area contributed by atoms with E-state index < -0.39 is 11.7 Å². The number of carbonyl (C=O) groups is 1. The van der Waals surface area contributed by atoms with Crippen molar-refractivity contribution in [2.24, 2.45) is 11.8 Å². The number of hydrogen-bond donors (Lipinski definition) is 1. The van der Waals surface area contributed by atoms with E-state index in [1.807, 2.05) is 92.9 Å². The number of nitrogens with zero attached hydrogens (tertiary/aromatic N) is 2. The van der Waals surface area contributed by atoms with Crippen LogP contribution in [0.2, 0.25) is 0 Å². The average molecular weight is 922 g/mol. The zero-order chi connectivity index (χ0) is 38.9. The fraction of sp³-hybridized carbons (Fsp3) is 0.319. The molecule has 2 heterocycles. The molecule has 0 bridgehead atoms. The van der Waals surface area contributed by atoms with E-state index in [4.69, 9.17) is 4.98 Å². The van der Waals surface area contributed by atoms with Gasteiger partial charge in [-0.1, -0.05) is 114 Å². The van der Waals surface area contributed by atoms with Gasteiger partial charge in [-0.2, -0.15) is 13.2 Å². The third kappa shape index (κ3) is 8.22. The maximum atomic E-state index is 13.9. The first-order valence-corrected chi connectivity index (χ1v) is 18.9. The summed E-state index contributed by atoms with van der Waals surface area (Å²) in [5, 5.41) is 11.9. The molecule has 0 unspecified atom stereocenters. The van der Waals surface area contributed by atoms with E-state index in [0.29, 0.717) is 17.1 Å². The zero-order valence-corrected chi connectivity index (χ0v) is 34.8. The Morgan fingerprint density at radius 3 is 2.00 bits per heavy atom. The van der Waals surface area contributed by atoms with Crippen molar-refractivity contribution >= 4 is 27.6 Å². The molecule has 0 aliphatic carbocycles. The summed E-state index contributed by atoms with van der Waals surface area (Å²) in [6.07, 6.45) is 0.452. The van der Waals surface area contributed by atoms with Gasteiger partial charge in [-0.05, 0) is 66.5 Å². The fourth-order valence-corrected chi connectivity index (χ4v) is 7.59. The Morgan fingerprint density at radius 2 is 1.38 bits per heavy atom. The van der Waals surface area contributed by atoms with Gasteiger partial charge in [-0.25, -0.2) is 0 Å². The molecular weight excluding hydrogens is 874 g/mol. The van der Waals surface area contributed by atoms with Crippen LogP contribution in [0.5, 0.6) is 0 Å². The van der Waals surface area contributed by atoms with E-state index in [1.54, 1.807) is 6.07 Å². The number of fused-ring (bicyclic) bond motifs is 6. The molecular formula is C47H48F3IrN2O2-. The van der Waals surface area contributed by atoms with Crippen LogP contribution in [-0.4, -0.2) is 20.4 Å². The number of imidazole rings is 1. The molecule has 1 aliphatic rings. The summed E-state index contributed by atoms with van der Waals surface area (Å²) in [4.78, 5) is 16.8. The Bertz CT molecular complexity index is 2360. The summed E-state index contributed by atoms with van der Waals surface area (Å²) < 4.78 is 43.7. The van der Waals surface area contributed by atoms with Crippen LogP contribution in [0.15, 0.2) is 103 Å². The van der Waals surface area contributed by atoms with Gasteiger partial charge < -0.3 is 9.67 Å². The molecule has 1 N–H and O–H groups in total. The van der Waals surface area contributed by atoms with Crippen molar-refractivity contribution < 1.29 is 43.2 Å². The van der Waals surface area contributed by atoms with E-state index in [1.165, 1.54) is 12.1 Å². The second kappa shape index (κ2) is 16.7. The number of aliphatic hydroxyl groups excluding tert-OH is 1. The Balaban J connectivity index is 0.000000311. The third-order valence-electron chi connectivity index (χ3n) is 10.7. The van der Waals surface area contributed by atoms with Crippen LogP contribution in [-0.2, 0) is 36.5 Å². The van der Waals surface area contributed by atoms with Crippen molar-refractivity contribution in [2.75, 3.05) is 0 Å². The maximum Gasteiger partial charge on any atom is 0.416 e. The SMILES string of the molecule is CC(C)(C)c1cc(-c2nc3cccc4c3n2-c2ccc(C(F)(F)F)cc2-c2ccccc2-4)[c-]c2ccccc12.CCC(CC)C(=O)/C=C(\O)C(CC)CC.[Ir]. The number of rotatable bonds is 8. The van der Waals surface area contributed by atoms with Gasteiger partial charge in [-0.15, -0.1) is 29.1 Å². The number of allylic oxidation sites excluding steroid dienone is 2. The molecule has 8 heteroatoms. The number of para-hydroxylation sites is 1. The standard InChI is InChI=1S/C34H24F3N2.C13H24O2.Ir/c1-33(2,3)28-18-21(17-20-9-4-5-10-23(20)28)32-38-29-14-8-13-26-24-11-6-7-12-25(24)27-19-22(34(35,36)37)15-16-30(27)39(32)31(26)29;1-5-10(6-2)12(14)9-13(15)11(7-3)8-4;/h4-16,18-19H,1-3H3;9-11,14H,5-8H2,1-4H3;/q-1;;/b;12-9-;. The molecule has 1 aromatic heterocycles. The van der Waals surface area contributed by atoms with Crippen molar-refractivity contribution in [2.45, 2.75) is 85.7 Å². The molecule has 0 amide bonds. The van der Waals surface area contributed by atoms with Gasteiger partial charge in [-0.3, -0.25) is 9.78 Å². The first-order valence-electron chi connectivity index (χ1n) is 18.9. The quantitative estimate of drug-likeness (QED) is 0.0939. The van der Waals surface area contributed by atoms with Crippen LogP contribution in [0.25, 0.3) is 61.1 Å². The van der Waals surface area contributed by atoms with E-state index in [2.05, 4.69) is 39.0 Å². The average Bonchev–Trinajstić information content (AvgIpc) is 3.49. The minimum atomic E-state index is -4.45. The first kappa shape index (κ1) is 41.6. The van der Waals surface area contributed by atoms with Gasteiger partial charge in [0.1, 0.15) is 0 Å². The summed E-state index contributed by atoms with van der Waals surface area (Å²) in [6, 6.07) is 31.5. The molecule has 0 saturated carbocycles. The number of benzene rings is 5. The first-order chi connectivity index (χ1) is 25.7. The number of aromatic nitrogens is 2. The van der Waals surface area contributed by atoms with Crippen LogP contribution in [0.1, 0.15) is 85.3 Å². The number of ketones is 1. The van der Waals surface area contributed by atoms with Crippen molar-refractivity contribution in [3.63, 3.8) is 0 Å². The van der Waals surface area contributed by atoms with Crippen molar-refractivity contribution in [1.29, 1.82) is 0 Å². The predicted molar refractivity (Wildman–Crippen MR) is 215 cm³/mol. The van der Waals surface area contributed by atoms with E-state index in [-0.39, 0.29) is 48.9 Å². The summed E-state index contributed by atoms with van der Waals surface area (Å²) in [6.45, 7) is 14.6. The fourth-order valence-electron chi connectivity index (χ4n) is 7.59. The summed E-state index contributed by atoms with van der Waals surface area (Å²) >= 11 is 0. The van der Waals surface area contributed by atoms with Gasteiger partial charge in [0.25, 0.3) is 0 Å². The van der Waals surface area contributed by atoms with Crippen LogP contribution in [0.4, 0.5) is 13.2 Å². The van der Waals surface area contributed by atoms with E-state index in [0.717, 1.165) is 81.4 Å². The second-order valence-corrected chi connectivity index (χ2v) is 15.1.